The summed E-state index contributed by atoms with van der Waals surface area (Å²) in [4.78, 5) is 0. The van der Waals surface area contributed by atoms with Gasteiger partial charge in [0, 0.05) is 11.1 Å². The van der Waals surface area contributed by atoms with Crippen molar-refractivity contribution < 1.29 is 4.48 Å². The molecule has 0 saturated heterocycles. The minimum Gasteiger partial charge on any atom is -0.312 e. The Balaban J connectivity index is 1.78. The third-order valence-electron chi connectivity index (χ3n) is 13.0. The van der Waals surface area contributed by atoms with Crippen molar-refractivity contribution in [1.82, 2.24) is 0 Å². The van der Waals surface area contributed by atoms with Crippen molar-refractivity contribution in [3.63, 3.8) is 0 Å². The summed E-state index contributed by atoms with van der Waals surface area (Å²) < 4.78 is 1.20. The van der Waals surface area contributed by atoms with Crippen molar-refractivity contribution in [1.29, 1.82) is 0 Å². The predicted octanol–water partition coefficient (Wildman–Crippen LogP) is 17.8. The number of benzene rings is 2. The maximum absolute atomic E-state index is 2.55. The van der Waals surface area contributed by atoms with Gasteiger partial charge in [-0.2, -0.15) is 0 Å². The van der Waals surface area contributed by atoms with Crippen molar-refractivity contribution in [2.24, 2.45) is 0 Å². The Hall–Kier alpha value is -1.60. The smallest absolute Gasteiger partial charge is 0.112 e. The van der Waals surface area contributed by atoms with Crippen molar-refractivity contribution in [2.45, 2.75) is 245 Å². The van der Waals surface area contributed by atoms with Crippen LogP contribution in [0.15, 0.2) is 60.7 Å². The molecule has 0 aromatic heterocycles. The highest BCUT2D eigenvalue weighted by Gasteiger charge is 2.40. The zero-order chi connectivity index (χ0) is 37.9. The van der Waals surface area contributed by atoms with Crippen LogP contribution in [0.5, 0.6) is 0 Å². The molecule has 0 spiro atoms. The van der Waals surface area contributed by atoms with E-state index in [9.17, 15) is 0 Å². The molecule has 2 aromatic carbocycles. The molecule has 0 fully saturated rings. The van der Waals surface area contributed by atoms with E-state index >= 15 is 0 Å². The van der Waals surface area contributed by atoms with Gasteiger partial charge in [0.1, 0.15) is 12.1 Å². The molecule has 2 rings (SSSR count). The number of hydrogen-bond acceptors (Lipinski definition) is 0. The van der Waals surface area contributed by atoms with E-state index in [4.69, 9.17) is 0 Å². The predicted molar refractivity (Wildman–Crippen MR) is 239 cm³/mol. The van der Waals surface area contributed by atoms with Crippen molar-refractivity contribution in [3.8, 4) is 0 Å². The van der Waals surface area contributed by atoms with E-state index in [1.165, 1.54) is 234 Å². The van der Waals surface area contributed by atoms with Crippen LogP contribution in [0.25, 0.3) is 0 Å². The van der Waals surface area contributed by atoms with Crippen molar-refractivity contribution in [3.05, 3.63) is 71.8 Å². The standard InChI is InChI=1S/C52H92N/c1-5-7-9-11-13-15-17-19-21-23-25-27-29-31-33-41-47-53(49(3)51-43-37-35-38-44-51,50(4)52-45-39-36-40-46-52)48-42-34-32-30-28-26-24-22-20-18-16-14-12-10-8-6-2/h35-40,43-46,49-50H,5-34,41-42,47-48H2,1-4H3/q+1. The van der Waals surface area contributed by atoms with Crippen LogP contribution in [0, 0.1) is 0 Å². The summed E-state index contributed by atoms with van der Waals surface area (Å²) in [6.07, 6.45) is 45.9. The highest BCUT2D eigenvalue weighted by molar-refractivity contribution is 5.19. The summed E-state index contributed by atoms with van der Waals surface area (Å²) >= 11 is 0. The molecule has 0 radical (unpaired) electrons. The van der Waals surface area contributed by atoms with Gasteiger partial charge >= 0.3 is 0 Å². The summed E-state index contributed by atoms with van der Waals surface area (Å²) in [7, 11) is 0. The second-order valence-corrected chi connectivity index (χ2v) is 17.3. The second-order valence-electron chi connectivity index (χ2n) is 17.3. The van der Waals surface area contributed by atoms with E-state index in [2.05, 4.69) is 88.4 Å². The van der Waals surface area contributed by atoms with E-state index in [0.29, 0.717) is 12.1 Å². The normalized spacial score (nSPS) is 13.1. The van der Waals surface area contributed by atoms with Crippen LogP contribution < -0.4 is 0 Å². The first-order chi connectivity index (χ1) is 26.2. The summed E-state index contributed by atoms with van der Waals surface area (Å²) in [5.74, 6) is 0. The number of quaternary nitrogens is 1. The molecule has 0 N–H and O–H groups in total. The Morgan fingerprint density at radius 1 is 0.302 bits per heavy atom. The Labute approximate surface area is 333 Å². The highest BCUT2D eigenvalue weighted by Crippen LogP contribution is 2.40. The van der Waals surface area contributed by atoms with Crippen LogP contribution in [0.1, 0.15) is 256 Å². The minimum absolute atomic E-state index is 0.499. The lowest BCUT2D eigenvalue weighted by atomic mass is 9.94. The molecule has 0 aliphatic heterocycles. The number of rotatable bonds is 38. The molecule has 0 aliphatic rings. The van der Waals surface area contributed by atoms with Gasteiger partial charge in [-0.05, 0) is 39.5 Å². The van der Waals surface area contributed by atoms with E-state index in [-0.39, 0.29) is 0 Å². The highest BCUT2D eigenvalue weighted by atomic mass is 15.4. The lowest BCUT2D eigenvalue weighted by Gasteiger charge is -2.49. The van der Waals surface area contributed by atoms with E-state index in [1.807, 2.05) is 0 Å². The third-order valence-corrected chi connectivity index (χ3v) is 13.0. The van der Waals surface area contributed by atoms with Crippen LogP contribution in [-0.4, -0.2) is 17.6 Å². The summed E-state index contributed by atoms with van der Waals surface area (Å²) in [5.41, 5.74) is 3.03. The van der Waals surface area contributed by atoms with E-state index < -0.39 is 0 Å². The molecule has 304 valence electrons. The van der Waals surface area contributed by atoms with Gasteiger partial charge in [-0.15, -0.1) is 0 Å². The van der Waals surface area contributed by atoms with Crippen LogP contribution in [-0.2, 0) is 0 Å². The molecule has 0 heterocycles. The van der Waals surface area contributed by atoms with Gasteiger partial charge in [0.2, 0.25) is 0 Å². The average molecular weight is 731 g/mol. The molecule has 2 aromatic rings. The minimum atomic E-state index is 0.499. The fourth-order valence-corrected chi connectivity index (χ4v) is 9.19. The fraction of sp³-hybridized carbons (Fsp3) is 0.769. The van der Waals surface area contributed by atoms with Crippen LogP contribution in [0.2, 0.25) is 0 Å². The first-order valence-corrected chi connectivity index (χ1v) is 24.1. The van der Waals surface area contributed by atoms with Crippen LogP contribution in [0.4, 0.5) is 0 Å². The quantitative estimate of drug-likeness (QED) is 0.0477. The molecule has 53 heavy (non-hydrogen) atoms. The van der Waals surface area contributed by atoms with Gasteiger partial charge in [0.15, 0.2) is 0 Å². The summed E-state index contributed by atoms with van der Waals surface area (Å²) in [6.45, 7) is 12.3. The molecule has 2 unspecified atom stereocenters. The third kappa shape index (κ3) is 22.5. The Morgan fingerprint density at radius 2 is 0.509 bits per heavy atom. The molecule has 0 bridgehead atoms. The number of nitrogens with zero attached hydrogens (tertiary/aromatic N) is 1. The summed E-state index contributed by atoms with van der Waals surface area (Å²) in [6, 6.07) is 24.0. The lowest BCUT2D eigenvalue weighted by Crippen LogP contribution is -2.52. The molecular weight excluding hydrogens is 639 g/mol. The van der Waals surface area contributed by atoms with Gasteiger partial charge in [0.05, 0.1) is 13.1 Å². The fourth-order valence-electron chi connectivity index (χ4n) is 9.19. The molecule has 2 atom stereocenters. The lowest BCUT2D eigenvalue weighted by molar-refractivity contribution is -0.982. The average Bonchev–Trinajstić information content (AvgIpc) is 3.20. The Kier molecular flexibility index (Phi) is 30.2. The van der Waals surface area contributed by atoms with Gasteiger partial charge in [-0.1, -0.05) is 254 Å². The molecule has 1 heteroatoms. The first-order valence-electron chi connectivity index (χ1n) is 24.1. The number of unbranched alkanes of at least 4 members (excludes halogenated alkanes) is 30. The Morgan fingerprint density at radius 3 is 0.736 bits per heavy atom. The zero-order valence-corrected chi connectivity index (χ0v) is 36.4. The van der Waals surface area contributed by atoms with Crippen molar-refractivity contribution in [2.75, 3.05) is 13.1 Å². The van der Waals surface area contributed by atoms with Gasteiger partial charge < -0.3 is 4.48 Å². The van der Waals surface area contributed by atoms with Gasteiger partial charge in [-0.25, -0.2) is 0 Å². The van der Waals surface area contributed by atoms with Crippen LogP contribution >= 0.6 is 0 Å². The Bertz CT molecular complexity index is 931. The monoisotopic (exact) mass is 731 g/mol. The maximum atomic E-state index is 2.55. The zero-order valence-electron chi connectivity index (χ0n) is 36.4. The van der Waals surface area contributed by atoms with Crippen LogP contribution in [0.3, 0.4) is 0 Å². The molecule has 1 nitrogen and oxygen atoms in total. The van der Waals surface area contributed by atoms with E-state index in [1.54, 1.807) is 0 Å². The number of hydrogen-bond donors (Lipinski definition) is 0. The molecule has 0 amide bonds. The largest absolute Gasteiger partial charge is 0.312 e. The topological polar surface area (TPSA) is 0 Å². The SMILES string of the molecule is CCCCCCCCCCCCCCCCCC[N+](CCCCCCCCCCCCCCCCCC)(C(C)c1ccccc1)C(C)c1ccccc1. The first kappa shape index (κ1) is 47.6. The van der Waals surface area contributed by atoms with Gasteiger partial charge in [-0.3, -0.25) is 0 Å². The molecule has 0 saturated carbocycles. The molecular formula is C52H92N+. The van der Waals surface area contributed by atoms with Gasteiger partial charge in [0.25, 0.3) is 0 Å². The van der Waals surface area contributed by atoms with E-state index in [0.717, 1.165) is 0 Å². The summed E-state index contributed by atoms with van der Waals surface area (Å²) in [5, 5.41) is 0. The maximum Gasteiger partial charge on any atom is 0.112 e. The molecule has 0 aliphatic carbocycles. The van der Waals surface area contributed by atoms with Crippen molar-refractivity contribution >= 4 is 0 Å². The second kappa shape index (κ2) is 33.7.